The number of hydrogen-bond donors (Lipinski definition) is 1. The van der Waals surface area contributed by atoms with Crippen molar-refractivity contribution in [3.8, 4) is 0 Å². The summed E-state index contributed by atoms with van der Waals surface area (Å²) in [5.41, 5.74) is 2.14. The van der Waals surface area contributed by atoms with Crippen molar-refractivity contribution in [2.75, 3.05) is 13.1 Å². The summed E-state index contributed by atoms with van der Waals surface area (Å²) in [6.45, 7) is 10.6. The lowest BCUT2D eigenvalue weighted by molar-refractivity contribution is -0.115. The zero-order valence-corrected chi connectivity index (χ0v) is 19.4. The number of carbonyl (C=O) groups excluding carboxylic acids is 2. The maximum absolute atomic E-state index is 12.7. The second-order valence-corrected chi connectivity index (χ2v) is 8.57. The molecule has 1 N–H and O–H groups in total. The second-order valence-electron chi connectivity index (χ2n) is 8.57. The fraction of sp³-hybridized carbons (Fsp3) is 0.520. The van der Waals surface area contributed by atoms with Crippen LogP contribution in [0.2, 0.25) is 0 Å². The highest BCUT2D eigenvalue weighted by molar-refractivity contribution is 5.75. The number of ether oxygens (including phenoxy) is 1. The van der Waals surface area contributed by atoms with Crippen LogP contribution in [0.4, 0.5) is 4.79 Å². The maximum Gasteiger partial charge on any atom is 0.410 e. The molecule has 0 spiro atoms. The van der Waals surface area contributed by atoms with Crippen molar-refractivity contribution in [3.05, 3.63) is 53.7 Å². The predicted molar refractivity (Wildman–Crippen MR) is 123 cm³/mol. The van der Waals surface area contributed by atoms with E-state index in [1.54, 1.807) is 23.6 Å². The molecule has 1 fully saturated rings. The van der Waals surface area contributed by atoms with Gasteiger partial charge in [-0.2, -0.15) is 0 Å². The van der Waals surface area contributed by atoms with E-state index >= 15 is 0 Å². The summed E-state index contributed by atoms with van der Waals surface area (Å²) in [5, 5.41) is 10.0. The van der Waals surface area contributed by atoms with Gasteiger partial charge in [0.2, 0.25) is 6.41 Å². The van der Waals surface area contributed by atoms with E-state index in [1.807, 2.05) is 56.5 Å². The Kier molecular flexibility index (Phi) is 8.87. The average Bonchev–Trinajstić information content (AvgIpc) is 2.72. The van der Waals surface area contributed by atoms with Crippen LogP contribution < -0.4 is 0 Å². The van der Waals surface area contributed by atoms with Crippen LogP contribution in [0.5, 0.6) is 0 Å². The molecule has 2 rings (SSSR count). The summed E-state index contributed by atoms with van der Waals surface area (Å²) >= 11 is 0. The average molecular weight is 429 g/mol. The Balaban J connectivity index is 2.18. The van der Waals surface area contributed by atoms with Crippen LogP contribution >= 0.6 is 0 Å². The monoisotopic (exact) mass is 428 g/mol. The summed E-state index contributed by atoms with van der Waals surface area (Å²) < 4.78 is 5.61. The first-order valence-electron chi connectivity index (χ1n) is 11.1. The van der Waals surface area contributed by atoms with Crippen LogP contribution in [0.15, 0.2) is 42.6 Å². The van der Waals surface area contributed by atoms with Crippen LogP contribution in [0.25, 0.3) is 5.57 Å². The quantitative estimate of drug-likeness (QED) is 0.425. The van der Waals surface area contributed by atoms with Crippen LogP contribution in [-0.4, -0.2) is 52.2 Å². The summed E-state index contributed by atoms with van der Waals surface area (Å²) in [7, 11) is 0. The molecular formula is C25H36N2O4. The highest BCUT2D eigenvalue weighted by Crippen LogP contribution is 2.31. The zero-order chi connectivity index (χ0) is 23.0. The Morgan fingerprint density at radius 1 is 1.32 bits per heavy atom. The molecule has 1 saturated heterocycles. The molecule has 1 aliphatic heterocycles. The molecular weight excluding hydrogens is 392 g/mol. The number of nitrogens with zero attached hydrogens (tertiary/aromatic N) is 2. The minimum atomic E-state index is -0.859. The van der Waals surface area contributed by atoms with Crippen LogP contribution in [0.3, 0.4) is 0 Å². The Bertz CT molecular complexity index is 793. The number of allylic oxidation sites excluding steroid dienone is 3. The molecule has 1 aromatic carbocycles. The maximum atomic E-state index is 12.7. The molecule has 170 valence electrons. The van der Waals surface area contributed by atoms with E-state index in [0.29, 0.717) is 25.9 Å². The number of rotatable bonds is 10. The predicted octanol–water partition coefficient (Wildman–Crippen LogP) is 4.90. The van der Waals surface area contributed by atoms with Gasteiger partial charge in [0.05, 0.1) is 11.6 Å². The molecule has 2 atom stereocenters. The van der Waals surface area contributed by atoms with Gasteiger partial charge >= 0.3 is 6.09 Å². The number of amides is 2. The number of benzene rings is 1. The van der Waals surface area contributed by atoms with E-state index in [2.05, 4.69) is 6.92 Å². The van der Waals surface area contributed by atoms with Crippen molar-refractivity contribution in [2.24, 2.45) is 0 Å². The lowest BCUT2D eigenvalue weighted by atomic mass is 9.96. The number of carbonyl (C=O) groups is 2. The SMILES string of the molecule is C/C=C\C(=C/N(C=O)CC)c1ccc(C(CC)N2CCC(CC(C)(C)O)OC2=O)cc1. The van der Waals surface area contributed by atoms with E-state index in [-0.39, 0.29) is 18.2 Å². The van der Waals surface area contributed by atoms with Crippen LogP contribution in [0, 0.1) is 0 Å². The summed E-state index contributed by atoms with van der Waals surface area (Å²) in [6.07, 6.45) is 7.92. The van der Waals surface area contributed by atoms with Gasteiger partial charge in [0.25, 0.3) is 0 Å². The van der Waals surface area contributed by atoms with E-state index in [4.69, 9.17) is 4.74 Å². The second kappa shape index (κ2) is 11.1. The van der Waals surface area contributed by atoms with Gasteiger partial charge in [-0.1, -0.05) is 43.3 Å². The molecule has 0 aliphatic carbocycles. The van der Waals surface area contributed by atoms with Crippen molar-refractivity contribution in [2.45, 2.75) is 71.6 Å². The molecule has 2 unspecified atom stereocenters. The molecule has 2 amide bonds. The Morgan fingerprint density at radius 3 is 2.48 bits per heavy atom. The summed E-state index contributed by atoms with van der Waals surface area (Å²) in [4.78, 5) is 27.3. The van der Waals surface area contributed by atoms with Gasteiger partial charge in [0.15, 0.2) is 0 Å². The van der Waals surface area contributed by atoms with Crippen molar-refractivity contribution < 1.29 is 19.4 Å². The molecule has 0 saturated carbocycles. The van der Waals surface area contributed by atoms with Gasteiger partial charge in [0, 0.05) is 32.1 Å². The third-order valence-electron chi connectivity index (χ3n) is 5.46. The van der Waals surface area contributed by atoms with Crippen molar-refractivity contribution in [3.63, 3.8) is 0 Å². The van der Waals surface area contributed by atoms with E-state index in [9.17, 15) is 14.7 Å². The number of aliphatic hydroxyl groups is 1. The number of hydrogen-bond acceptors (Lipinski definition) is 4. The zero-order valence-electron chi connectivity index (χ0n) is 19.4. The van der Waals surface area contributed by atoms with Crippen LogP contribution in [0.1, 0.15) is 71.0 Å². The van der Waals surface area contributed by atoms with Crippen molar-refractivity contribution >= 4 is 18.1 Å². The van der Waals surface area contributed by atoms with Crippen molar-refractivity contribution in [1.29, 1.82) is 0 Å². The van der Waals surface area contributed by atoms with Gasteiger partial charge in [-0.05, 0) is 50.8 Å². The molecule has 6 nitrogen and oxygen atoms in total. The third kappa shape index (κ3) is 6.96. The molecule has 0 aromatic heterocycles. The normalized spacial score (nSPS) is 18.8. The minimum absolute atomic E-state index is 0.0686. The molecule has 1 heterocycles. The lowest BCUT2D eigenvalue weighted by Crippen LogP contribution is -2.45. The third-order valence-corrected chi connectivity index (χ3v) is 5.46. The van der Waals surface area contributed by atoms with Crippen LogP contribution in [-0.2, 0) is 9.53 Å². The van der Waals surface area contributed by atoms with Gasteiger partial charge in [0.1, 0.15) is 6.10 Å². The molecule has 6 heteroatoms. The summed E-state index contributed by atoms with van der Waals surface area (Å²) in [5.74, 6) is 0. The first kappa shape index (κ1) is 24.7. The van der Waals surface area contributed by atoms with E-state index in [0.717, 1.165) is 29.5 Å². The molecule has 0 bridgehead atoms. The highest BCUT2D eigenvalue weighted by atomic mass is 16.6. The lowest BCUT2D eigenvalue weighted by Gasteiger charge is -2.38. The van der Waals surface area contributed by atoms with Gasteiger partial charge in [-0.15, -0.1) is 0 Å². The first-order chi connectivity index (χ1) is 14.7. The Morgan fingerprint density at radius 2 is 2.00 bits per heavy atom. The van der Waals surface area contributed by atoms with Gasteiger partial charge in [-0.25, -0.2) is 4.79 Å². The fourth-order valence-electron chi connectivity index (χ4n) is 3.93. The fourth-order valence-corrected chi connectivity index (χ4v) is 3.93. The Hall–Kier alpha value is -2.60. The molecule has 1 aliphatic rings. The topological polar surface area (TPSA) is 70.1 Å². The smallest absolute Gasteiger partial charge is 0.410 e. The summed E-state index contributed by atoms with van der Waals surface area (Å²) in [6, 6.07) is 8.05. The minimum Gasteiger partial charge on any atom is -0.446 e. The first-order valence-corrected chi connectivity index (χ1v) is 11.1. The molecule has 0 radical (unpaired) electrons. The number of cyclic esters (lactones) is 1. The Labute approximate surface area is 186 Å². The molecule has 1 aromatic rings. The van der Waals surface area contributed by atoms with Crippen molar-refractivity contribution in [1.82, 2.24) is 9.80 Å². The van der Waals surface area contributed by atoms with E-state index < -0.39 is 5.60 Å². The van der Waals surface area contributed by atoms with Gasteiger partial charge < -0.3 is 19.6 Å². The van der Waals surface area contributed by atoms with Gasteiger partial charge in [-0.3, -0.25) is 4.79 Å². The van der Waals surface area contributed by atoms with E-state index in [1.165, 1.54) is 0 Å². The molecule has 31 heavy (non-hydrogen) atoms. The largest absolute Gasteiger partial charge is 0.446 e. The highest BCUT2D eigenvalue weighted by Gasteiger charge is 2.34. The standard InChI is InChI=1S/C25H36N2O4/c1-6-9-21(17-26(8-3)18-28)19-10-12-20(13-11-19)23(7-2)27-15-14-22(31-24(27)29)16-25(4,5)30/h6,9-13,17-18,22-23,30H,7-8,14-16H2,1-5H3/b9-6-,21-17+.